The molecule has 1 heterocycles. The Bertz CT molecular complexity index is 547. The van der Waals surface area contributed by atoms with Crippen LogP contribution in [0.15, 0.2) is 10.5 Å². The van der Waals surface area contributed by atoms with Gasteiger partial charge in [0, 0.05) is 6.42 Å². The van der Waals surface area contributed by atoms with E-state index in [0.29, 0.717) is 17.7 Å². The number of hydrogen-bond donors (Lipinski definition) is 0. The summed E-state index contributed by atoms with van der Waals surface area (Å²) in [4.78, 5) is 24.9. The Morgan fingerprint density at radius 2 is 1.95 bits per heavy atom. The van der Waals surface area contributed by atoms with Crippen molar-refractivity contribution >= 4 is 11.6 Å². The van der Waals surface area contributed by atoms with Gasteiger partial charge in [-0.25, -0.2) is 0 Å². The Hall–Kier alpha value is -1.38. The average Bonchev–Trinajstić information content (AvgIpc) is 2.99. The second kappa shape index (κ2) is 4.87. The average molecular weight is 274 g/mol. The van der Waals surface area contributed by atoms with Crippen LogP contribution in [0.25, 0.3) is 0 Å². The van der Waals surface area contributed by atoms with Crippen molar-refractivity contribution in [1.82, 2.24) is 0 Å². The summed E-state index contributed by atoms with van der Waals surface area (Å²) in [6.07, 6.45) is 7.19. The van der Waals surface area contributed by atoms with Crippen molar-refractivity contribution in [2.45, 2.75) is 58.8 Å². The smallest absolute Gasteiger partial charge is 0.176 e. The third kappa shape index (κ3) is 2.23. The maximum atomic E-state index is 12.7. The molecule has 3 heteroatoms. The highest BCUT2D eigenvalue weighted by molar-refractivity contribution is 6.11. The Balaban J connectivity index is 1.85. The van der Waals surface area contributed by atoms with Gasteiger partial charge in [0.1, 0.15) is 17.3 Å². The summed E-state index contributed by atoms with van der Waals surface area (Å²) in [6.45, 7) is 3.64. The van der Waals surface area contributed by atoms with Gasteiger partial charge in [0.2, 0.25) is 0 Å². The molecule has 0 amide bonds. The van der Waals surface area contributed by atoms with Crippen molar-refractivity contribution in [3.8, 4) is 0 Å². The van der Waals surface area contributed by atoms with Crippen molar-refractivity contribution in [3.05, 3.63) is 23.2 Å². The molecule has 2 saturated carbocycles. The normalized spacial score (nSPS) is 25.3. The molecule has 0 aromatic carbocycles. The highest BCUT2D eigenvalue weighted by Crippen LogP contribution is 2.50. The number of Topliss-reactive ketones (excluding diaryl/α,β-unsaturated/α-hetero) is 2. The molecule has 0 N–H and O–H groups in total. The van der Waals surface area contributed by atoms with Gasteiger partial charge in [-0.1, -0.05) is 12.8 Å². The SMILES string of the molecule is Cc1cc(C(=O)C2CC3(CCCC3)CCC2=O)c(C)o1. The van der Waals surface area contributed by atoms with Crippen LogP contribution in [0.4, 0.5) is 0 Å². The van der Waals surface area contributed by atoms with E-state index in [9.17, 15) is 9.59 Å². The van der Waals surface area contributed by atoms with Gasteiger partial charge in [-0.15, -0.1) is 0 Å². The predicted molar refractivity (Wildman–Crippen MR) is 75.8 cm³/mol. The molecule has 1 atom stereocenters. The maximum Gasteiger partial charge on any atom is 0.176 e. The first-order valence-electron chi connectivity index (χ1n) is 7.65. The molecule has 0 bridgehead atoms. The zero-order valence-electron chi connectivity index (χ0n) is 12.3. The molecule has 0 radical (unpaired) electrons. The Kier molecular flexibility index (Phi) is 3.31. The second-order valence-electron chi connectivity index (χ2n) is 6.62. The van der Waals surface area contributed by atoms with Crippen LogP contribution in [0.5, 0.6) is 0 Å². The fraction of sp³-hybridized carbons (Fsp3) is 0.647. The molecule has 0 aliphatic heterocycles. The van der Waals surface area contributed by atoms with Crippen LogP contribution in [0, 0.1) is 25.2 Å². The van der Waals surface area contributed by atoms with Gasteiger partial charge < -0.3 is 4.42 Å². The van der Waals surface area contributed by atoms with E-state index < -0.39 is 5.92 Å². The molecule has 3 rings (SSSR count). The molecule has 0 saturated heterocycles. The zero-order chi connectivity index (χ0) is 14.3. The fourth-order valence-corrected chi connectivity index (χ4v) is 4.09. The Labute approximate surface area is 119 Å². The highest BCUT2D eigenvalue weighted by Gasteiger charge is 2.44. The van der Waals surface area contributed by atoms with Gasteiger partial charge >= 0.3 is 0 Å². The van der Waals surface area contributed by atoms with E-state index in [1.165, 1.54) is 25.7 Å². The molecule has 1 aromatic heterocycles. The number of furan rings is 1. The van der Waals surface area contributed by atoms with Gasteiger partial charge in [-0.05, 0) is 51.0 Å². The molecule has 2 aliphatic carbocycles. The zero-order valence-corrected chi connectivity index (χ0v) is 12.3. The van der Waals surface area contributed by atoms with Gasteiger partial charge in [0.25, 0.3) is 0 Å². The minimum atomic E-state index is -0.433. The lowest BCUT2D eigenvalue weighted by Crippen LogP contribution is -2.36. The Morgan fingerprint density at radius 3 is 2.55 bits per heavy atom. The minimum Gasteiger partial charge on any atom is -0.466 e. The first kappa shape index (κ1) is 13.6. The molecule has 1 spiro atoms. The summed E-state index contributed by atoms with van der Waals surface area (Å²) in [7, 11) is 0. The first-order valence-corrected chi connectivity index (χ1v) is 7.65. The third-order valence-electron chi connectivity index (χ3n) is 5.21. The minimum absolute atomic E-state index is 0.0182. The first-order chi connectivity index (χ1) is 9.51. The van der Waals surface area contributed by atoms with Crippen LogP contribution >= 0.6 is 0 Å². The van der Waals surface area contributed by atoms with Crippen LogP contribution < -0.4 is 0 Å². The summed E-state index contributed by atoms with van der Waals surface area (Å²) in [5.41, 5.74) is 0.872. The van der Waals surface area contributed by atoms with E-state index in [1.807, 2.05) is 6.92 Å². The largest absolute Gasteiger partial charge is 0.466 e. The molecule has 1 unspecified atom stereocenters. The van der Waals surface area contributed by atoms with Crippen molar-refractivity contribution in [1.29, 1.82) is 0 Å². The lowest BCUT2D eigenvalue weighted by molar-refractivity contribution is -0.125. The lowest BCUT2D eigenvalue weighted by Gasteiger charge is -2.36. The monoisotopic (exact) mass is 274 g/mol. The van der Waals surface area contributed by atoms with E-state index in [0.717, 1.165) is 18.6 Å². The summed E-state index contributed by atoms with van der Waals surface area (Å²) < 4.78 is 5.45. The third-order valence-corrected chi connectivity index (χ3v) is 5.21. The summed E-state index contributed by atoms with van der Waals surface area (Å²) in [5.74, 6) is 1.06. The molecule has 20 heavy (non-hydrogen) atoms. The number of hydrogen-bond acceptors (Lipinski definition) is 3. The number of carbonyl (C=O) groups excluding carboxylic acids is 2. The van der Waals surface area contributed by atoms with Crippen molar-refractivity contribution in [2.75, 3.05) is 0 Å². The summed E-state index contributed by atoms with van der Waals surface area (Å²) in [6, 6.07) is 1.78. The molecule has 108 valence electrons. The number of rotatable bonds is 2. The maximum absolute atomic E-state index is 12.7. The summed E-state index contributed by atoms with van der Waals surface area (Å²) in [5, 5.41) is 0. The lowest BCUT2D eigenvalue weighted by atomic mass is 9.66. The molecular formula is C17H22O3. The molecule has 2 fully saturated rings. The van der Waals surface area contributed by atoms with Gasteiger partial charge in [0.15, 0.2) is 5.78 Å². The van der Waals surface area contributed by atoms with Crippen LogP contribution in [0.2, 0.25) is 0 Å². The van der Waals surface area contributed by atoms with E-state index in [4.69, 9.17) is 4.42 Å². The topological polar surface area (TPSA) is 47.3 Å². The van der Waals surface area contributed by atoms with Gasteiger partial charge in [-0.2, -0.15) is 0 Å². The number of carbonyl (C=O) groups is 2. The van der Waals surface area contributed by atoms with Gasteiger partial charge in [-0.3, -0.25) is 9.59 Å². The van der Waals surface area contributed by atoms with E-state index in [2.05, 4.69) is 0 Å². The predicted octanol–water partition coefficient (Wildman–Crippen LogP) is 4.01. The Morgan fingerprint density at radius 1 is 1.25 bits per heavy atom. The van der Waals surface area contributed by atoms with E-state index in [-0.39, 0.29) is 17.0 Å². The molecule has 2 aliphatic rings. The van der Waals surface area contributed by atoms with E-state index >= 15 is 0 Å². The van der Waals surface area contributed by atoms with Crippen LogP contribution in [0.3, 0.4) is 0 Å². The van der Waals surface area contributed by atoms with Crippen LogP contribution in [-0.2, 0) is 4.79 Å². The van der Waals surface area contributed by atoms with Crippen molar-refractivity contribution in [3.63, 3.8) is 0 Å². The number of aryl methyl sites for hydroxylation is 2. The molecule has 1 aromatic rings. The molecule has 3 nitrogen and oxygen atoms in total. The van der Waals surface area contributed by atoms with E-state index in [1.54, 1.807) is 13.0 Å². The summed E-state index contributed by atoms with van der Waals surface area (Å²) >= 11 is 0. The van der Waals surface area contributed by atoms with Gasteiger partial charge in [0.05, 0.1) is 11.5 Å². The van der Waals surface area contributed by atoms with Crippen molar-refractivity contribution in [2.24, 2.45) is 11.3 Å². The highest BCUT2D eigenvalue weighted by atomic mass is 16.3. The van der Waals surface area contributed by atoms with Crippen LogP contribution in [-0.4, -0.2) is 11.6 Å². The second-order valence-corrected chi connectivity index (χ2v) is 6.62. The van der Waals surface area contributed by atoms with Crippen LogP contribution in [0.1, 0.15) is 66.8 Å². The quantitative estimate of drug-likeness (QED) is 0.604. The molecular weight excluding hydrogens is 252 g/mol. The fourth-order valence-electron chi connectivity index (χ4n) is 4.09. The van der Waals surface area contributed by atoms with Crippen molar-refractivity contribution < 1.29 is 14.0 Å². The number of ketones is 2. The standard InChI is InChI=1S/C17H22O3/c1-11-9-13(12(2)20-11)16(19)14-10-17(6-3-4-7-17)8-5-15(14)18/h9,14H,3-8,10H2,1-2H3.